The number of hydrogen-bond acceptors (Lipinski definition) is 3. The van der Waals surface area contributed by atoms with Crippen LogP contribution in [0.3, 0.4) is 0 Å². The van der Waals surface area contributed by atoms with Crippen molar-refractivity contribution in [3.05, 3.63) is 23.7 Å². The van der Waals surface area contributed by atoms with E-state index in [1.807, 2.05) is 6.26 Å². The third kappa shape index (κ3) is 4.36. The molecule has 19 heavy (non-hydrogen) atoms. The lowest BCUT2D eigenvalue weighted by atomic mass is 9.85. The Balaban J connectivity index is 1.92. The Bertz CT molecular complexity index is 384. The fraction of sp³-hybridized carbons (Fsp3) is 0.750. The molecule has 1 aliphatic rings. The van der Waals surface area contributed by atoms with E-state index in [-0.39, 0.29) is 0 Å². The molecule has 2 rings (SSSR count). The van der Waals surface area contributed by atoms with Crippen molar-refractivity contribution in [3.63, 3.8) is 0 Å². The fourth-order valence-corrected chi connectivity index (χ4v) is 2.78. The number of rotatable bonds is 5. The summed E-state index contributed by atoms with van der Waals surface area (Å²) in [6.45, 7) is 12.2. The maximum absolute atomic E-state index is 5.59. The predicted molar refractivity (Wildman–Crippen MR) is 79.0 cm³/mol. The second kappa shape index (κ2) is 6.58. The Labute approximate surface area is 117 Å². The predicted octanol–water partition coefficient (Wildman–Crippen LogP) is 3.40. The molecule has 3 nitrogen and oxygen atoms in total. The van der Waals surface area contributed by atoms with Gasteiger partial charge in [-0.2, -0.15) is 0 Å². The van der Waals surface area contributed by atoms with E-state index in [2.05, 4.69) is 37.1 Å². The SMILES string of the molecule is CCNCc1occc1CN1CCCC(C)(C)CC1. The molecule has 3 heteroatoms. The number of hydrogen-bond donors (Lipinski definition) is 1. The molecule has 0 aliphatic carbocycles. The van der Waals surface area contributed by atoms with Crippen LogP contribution in [0.4, 0.5) is 0 Å². The minimum atomic E-state index is 0.512. The summed E-state index contributed by atoms with van der Waals surface area (Å²) in [5, 5.41) is 3.34. The summed E-state index contributed by atoms with van der Waals surface area (Å²) in [6, 6.07) is 2.13. The zero-order valence-corrected chi connectivity index (χ0v) is 12.7. The molecule has 1 aromatic rings. The number of likely N-dealkylation sites (tertiary alicyclic amines) is 1. The van der Waals surface area contributed by atoms with Crippen molar-refractivity contribution in [3.8, 4) is 0 Å². The Morgan fingerprint density at radius 3 is 2.95 bits per heavy atom. The highest BCUT2D eigenvalue weighted by atomic mass is 16.3. The molecule has 1 saturated heterocycles. The van der Waals surface area contributed by atoms with E-state index in [0.29, 0.717) is 5.41 Å². The molecule has 0 unspecified atom stereocenters. The molecular weight excluding hydrogens is 236 g/mol. The highest BCUT2D eigenvalue weighted by molar-refractivity contribution is 5.17. The molecule has 0 aromatic carbocycles. The summed E-state index contributed by atoms with van der Waals surface area (Å²) in [5.41, 5.74) is 1.86. The van der Waals surface area contributed by atoms with E-state index < -0.39 is 0 Å². The smallest absolute Gasteiger partial charge is 0.122 e. The zero-order chi connectivity index (χ0) is 13.7. The van der Waals surface area contributed by atoms with Crippen LogP contribution in [0.5, 0.6) is 0 Å². The van der Waals surface area contributed by atoms with Gasteiger partial charge in [0.15, 0.2) is 0 Å². The monoisotopic (exact) mass is 264 g/mol. The van der Waals surface area contributed by atoms with Crippen molar-refractivity contribution in [1.29, 1.82) is 0 Å². The van der Waals surface area contributed by atoms with Gasteiger partial charge in [0.2, 0.25) is 0 Å². The van der Waals surface area contributed by atoms with Crippen LogP contribution in [-0.2, 0) is 13.1 Å². The van der Waals surface area contributed by atoms with Crippen LogP contribution < -0.4 is 5.32 Å². The van der Waals surface area contributed by atoms with Gasteiger partial charge in [0, 0.05) is 12.1 Å². The van der Waals surface area contributed by atoms with Gasteiger partial charge in [0.05, 0.1) is 12.8 Å². The average molecular weight is 264 g/mol. The van der Waals surface area contributed by atoms with E-state index >= 15 is 0 Å². The van der Waals surface area contributed by atoms with Crippen LogP contribution in [0.25, 0.3) is 0 Å². The molecule has 1 fully saturated rings. The standard InChI is InChI=1S/C16H28N2O/c1-4-17-12-15-14(6-11-19-15)13-18-9-5-7-16(2,3)8-10-18/h6,11,17H,4-5,7-10,12-13H2,1-3H3. The van der Waals surface area contributed by atoms with E-state index in [0.717, 1.165) is 25.4 Å². The van der Waals surface area contributed by atoms with Crippen molar-refractivity contribution in [2.75, 3.05) is 19.6 Å². The van der Waals surface area contributed by atoms with Crippen molar-refractivity contribution in [1.82, 2.24) is 10.2 Å². The number of nitrogens with zero attached hydrogens (tertiary/aromatic N) is 1. The second-order valence-corrected chi connectivity index (χ2v) is 6.44. The molecule has 0 radical (unpaired) electrons. The largest absolute Gasteiger partial charge is 0.468 e. The van der Waals surface area contributed by atoms with Gasteiger partial charge >= 0.3 is 0 Å². The lowest BCUT2D eigenvalue weighted by Gasteiger charge is -2.23. The molecule has 1 aromatic heterocycles. The first kappa shape index (κ1) is 14.6. The zero-order valence-electron chi connectivity index (χ0n) is 12.7. The minimum Gasteiger partial charge on any atom is -0.468 e. The third-order valence-corrected chi connectivity index (χ3v) is 4.20. The number of nitrogens with one attached hydrogen (secondary N) is 1. The van der Waals surface area contributed by atoms with E-state index in [4.69, 9.17) is 4.42 Å². The topological polar surface area (TPSA) is 28.4 Å². The Morgan fingerprint density at radius 1 is 1.32 bits per heavy atom. The van der Waals surface area contributed by atoms with Crippen LogP contribution in [0, 0.1) is 5.41 Å². The number of furan rings is 1. The summed E-state index contributed by atoms with van der Waals surface area (Å²) >= 11 is 0. The molecule has 0 bridgehead atoms. The molecule has 0 saturated carbocycles. The van der Waals surface area contributed by atoms with Gasteiger partial charge in [-0.1, -0.05) is 20.8 Å². The summed E-state index contributed by atoms with van der Waals surface area (Å²) in [7, 11) is 0. The van der Waals surface area contributed by atoms with Gasteiger partial charge in [-0.25, -0.2) is 0 Å². The van der Waals surface area contributed by atoms with E-state index in [1.54, 1.807) is 0 Å². The van der Waals surface area contributed by atoms with Crippen LogP contribution in [-0.4, -0.2) is 24.5 Å². The third-order valence-electron chi connectivity index (χ3n) is 4.20. The van der Waals surface area contributed by atoms with Gasteiger partial charge in [0.1, 0.15) is 5.76 Å². The maximum Gasteiger partial charge on any atom is 0.122 e. The molecule has 0 spiro atoms. The summed E-state index contributed by atoms with van der Waals surface area (Å²) < 4.78 is 5.59. The first-order chi connectivity index (χ1) is 9.11. The molecular formula is C16H28N2O. The van der Waals surface area contributed by atoms with Crippen LogP contribution in [0.1, 0.15) is 51.4 Å². The lowest BCUT2D eigenvalue weighted by molar-refractivity contribution is 0.254. The highest BCUT2D eigenvalue weighted by Crippen LogP contribution is 2.30. The molecule has 108 valence electrons. The van der Waals surface area contributed by atoms with Crippen LogP contribution >= 0.6 is 0 Å². The summed E-state index contributed by atoms with van der Waals surface area (Å²) in [6.07, 6.45) is 5.78. The Hall–Kier alpha value is -0.800. The quantitative estimate of drug-likeness (QED) is 0.883. The van der Waals surface area contributed by atoms with Crippen molar-refractivity contribution in [2.24, 2.45) is 5.41 Å². The molecule has 1 N–H and O–H groups in total. The van der Waals surface area contributed by atoms with Crippen LogP contribution in [0.15, 0.2) is 16.7 Å². The van der Waals surface area contributed by atoms with Crippen LogP contribution in [0.2, 0.25) is 0 Å². The van der Waals surface area contributed by atoms with Gasteiger partial charge in [-0.3, -0.25) is 4.90 Å². The van der Waals surface area contributed by atoms with Crippen molar-refractivity contribution >= 4 is 0 Å². The average Bonchev–Trinajstić information content (AvgIpc) is 2.72. The normalized spacial score (nSPS) is 20.4. The summed E-state index contributed by atoms with van der Waals surface area (Å²) in [4.78, 5) is 2.58. The molecule has 1 aliphatic heterocycles. The highest BCUT2D eigenvalue weighted by Gasteiger charge is 2.23. The minimum absolute atomic E-state index is 0.512. The van der Waals surface area contributed by atoms with Gasteiger partial charge < -0.3 is 9.73 Å². The first-order valence-corrected chi connectivity index (χ1v) is 7.59. The van der Waals surface area contributed by atoms with Gasteiger partial charge in [-0.15, -0.1) is 0 Å². The van der Waals surface area contributed by atoms with Gasteiger partial charge in [-0.05, 0) is 50.4 Å². The first-order valence-electron chi connectivity index (χ1n) is 7.59. The van der Waals surface area contributed by atoms with Gasteiger partial charge in [0.25, 0.3) is 0 Å². The summed E-state index contributed by atoms with van der Waals surface area (Å²) in [5.74, 6) is 1.10. The molecule has 2 heterocycles. The molecule has 0 amide bonds. The van der Waals surface area contributed by atoms with Crippen molar-refractivity contribution in [2.45, 2.75) is 53.1 Å². The lowest BCUT2D eigenvalue weighted by Crippen LogP contribution is -2.25. The Kier molecular flexibility index (Phi) is 5.06. The maximum atomic E-state index is 5.59. The fourth-order valence-electron chi connectivity index (χ4n) is 2.78. The van der Waals surface area contributed by atoms with E-state index in [1.165, 1.54) is 37.9 Å². The van der Waals surface area contributed by atoms with Crippen molar-refractivity contribution < 1.29 is 4.42 Å². The Morgan fingerprint density at radius 2 is 2.16 bits per heavy atom. The molecule has 0 atom stereocenters. The van der Waals surface area contributed by atoms with E-state index in [9.17, 15) is 0 Å². The second-order valence-electron chi connectivity index (χ2n) is 6.44.